The van der Waals surface area contributed by atoms with Gasteiger partial charge in [-0.2, -0.15) is 5.10 Å². The van der Waals surface area contributed by atoms with Crippen molar-refractivity contribution >= 4 is 17.6 Å². The molecule has 0 spiro atoms. The molecule has 2 heterocycles. The highest BCUT2D eigenvalue weighted by Crippen LogP contribution is 2.33. The molecule has 0 aliphatic carbocycles. The lowest BCUT2D eigenvalue weighted by molar-refractivity contribution is -0.136. The van der Waals surface area contributed by atoms with Gasteiger partial charge in [0.1, 0.15) is 17.6 Å². The molecule has 0 fully saturated rings. The summed E-state index contributed by atoms with van der Waals surface area (Å²) in [7, 11) is 1.54. The molecule has 1 aliphatic heterocycles. The smallest absolute Gasteiger partial charge is 0.338 e. The zero-order chi connectivity index (χ0) is 21.8. The number of rotatable bonds is 6. The second kappa shape index (κ2) is 8.87. The number of hydrogen-bond donors (Lipinski definition) is 0. The summed E-state index contributed by atoms with van der Waals surface area (Å²) in [5.41, 5.74) is 3.19. The third-order valence-corrected chi connectivity index (χ3v) is 5.07. The lowest BCUT2D eigenvalue weighted by Gasteiger charge is -2.19. The van der Waals surface area contributed by atoms with Crippen molar-refractivity contribution in [1.82, 2.24) is 5.01 Å². The topological polar surface area (TPSA) is 81.3 Å². The van der Waals surface area contributed by atoms with E-state index in [1.165, 1.54) is 5.01 Å². The van der Waals surface area contributed by atoms with E-state index in [0.717, 1.165) is 16.8 Å². The zero-order valence-corrected chi connectivity index (χ0v) is 17.3. The van der Waals surface area contributed by atoms with E-state index in [9.17, 15) is 9.59 Å². The summed E-state index contributed by atoms with van der Waals surface area (Å²) in [6.45, 7) is 1.59. The minimum absolute atomic E-state index is 0.335. The number of esters is 1. The summed E-state index contributed by atoms with van der Waals surface area (Å²) < 4.78 is 15.8. The van der Waals surface area contributed by atoms with Gasteiger partial charge in [0.05, 0.1) is 24.6 Å². The van der Waals surface area contributed by atoms with Crippen molar-refractivity contribution in [2.45, 2.75) is 19.4 Å². The monoisotopic (exact) mass is 418 g/mol. The zero-order valence-electron chi connectivity index (χ0n) is 17.3. The number of aryl methyl sites for hydroxylation is 1. The third kappa shape index (κ3) is 4.50. The third-order valence-electron chi connectivity index (χ3n) is 5.07. The average molecular weight is 418 g/mol. The molecular formula is C24H22N2O5. The predicted octanol–water partition coefficient (Wildman–Crippen LogP) is 4.13. The van der Waals surface area contributed by atoms with E-state index in [-0.39, 0.29) is 0 Å². The van der Waals surface area contributed by atoms with Crippen molar-refractivity contribution in [3.63, 3.8) is 0 Å². The number of benzene rings is 2. The molecule has 31 heavy (non-hydrogen) atoms. The van der Waals surface area contributed by atoms with Crippen LogP contribution in [0.1, 0.15) is 39.7 Å². The Bertz CT molecular complexity index is 1090. The van der Waals surface area contributed by atoms with Gasteiger partial charge in [0.15, 0.2) is 6.61 Å². The van der Waals surface area contributed by atoms with Crippen molar-refractivity contribution in [3.05, 3.63) is 89.4 Å². The van der Waals surface area contributed by atoms with E-state index in [2.05, 4.69) is 5.10 Å². The number of carbonyl (C=O) groups is 2. The first kappa shape index (κ1) is 20.4. The van der Waals surface area contributed by atoms with Gasteiger partial charge in [-0.3, -0.25) is 4.79 Å². The summed E-state index contributed by atoms with van der Waals surface area (Å²) in [5.74, 6) is 0.238. The van der Waals surface area contributed by atoms with Crippen molar-refractivity contribution < 1.29 is 23.5 Å². The Hall–Kier alpha value is -3.87. The van der Waals surface area contributed by atoms with E-state index in [1.54, 1.807) is 43.7 Å². The van der Waals surface area contributed by atoms with Crippen molar-refractivity contribution in [2.24, 2.45) is 5.10 Å². The highest BCUT2D eigenvalue weighted by Gasteiger charge is 2.35. The second-order valence-electron chi connectivity index (χ2n) is 7.19. The van der Waals surface area contributed by atoms with Gasteiger partial charge >= 0.3 is 5.97 Å². The summed E-state index contributed by atoms with van der Waals surface area (Å²) in [6, 6.07) is 17.6. The molecule has 7 nitrogen and oxygen atoms in total. The summed E-state index contributed by atoms with van der Waals surface area (Å²) in [6.07, 6.45) is 2.07. The van der Waals surface area contributed by atoms with Gasteiger partial charge in [-0.15, -0.1) is 0 Å². The summed E-state index contributed by atoms with van der Waals surface area (Å²) >= 11 is 0. The van der Waals surface area contributed by atoms with Crippen LogP contribution in [0.5, 0.6) is 5.75 Å². The van der Waals surface area contributed by atoms with Crippen LogP contribution in [0, 0.1) is 6.92 Å². The Morgan fingerprint density at radius 1 is 1.10 bits per heavy atom. The Morgan fingerprint density at radius 2 is 1.84 bits per heavy atom. The molecule has 158 valence electrons. The Labute approximate surface area is 179 Å². The fraction of sp³-hybridized carbons (Fsp3) is 0.208. The lowest BCUT2D eigenvalue weighted by atomic mass is 10.0. The van der Waals surface area contributed by atoms with Crippen LogP contribution in [0.25, 0.3) is 0 Å². The molecule has 0 unspecified atom stereocenters. The second-order valence-corrected chi connectivity index (χ2v) is 7.19. The number of carbonyl (C=O) groups excluding carboxylic acids is 2. The molecule has 0 saturated carbocycles. The molecule has 0 N–H and O–H groups in total. The Kier molecular flexibility index (Phi) is 5.84. The van der Waals surface area contributed by atoms with Crippen LogP contribution in [0.15, 0.2) is 76.4 Å². The number of furan rings is 1. The molecule has 2 aromatic carbocycles. The van der Waals surface area contributed by atoms with Crippen LogP contribution in [-0.2, 0) is 9.53 Å². The number of ether oxygens (including phenoxy) is 2. The average Bonchev–Trinajstić information content (AvgIpc) is 3.48. The molecule has 0 radical (unpaired) electrons. The maximum Gasteiger partial charge on any atom is 0.338 e. The molecule has 1 amide bonds. The first-order valence-corrected chi connectivity index (χ1v) is 9.86. The molecule has 1 atom stereocenters. The van der Waals surface area contributed by atoms with E-state index < -0.39 is 24.5 Å². The highest BCUT2D eigenvalue weighted by atomic mass is 16.5. The van der Waals surface area contributed by atoms with Crippen LogP contribution >= 0.6 is 0 Å². The van der Waals surface area contributed by atoms with Gasteiger partial charge in [-0.1, -0.05) is 29.8 Å². The quantitative estimate of drug-likeness (QED) is 0.562. The number of methoxy groups -OCH3 is 1. The standard InChI is InChI=1S/C24H22N2O5/c1-16-5-7-17(8-6-16)20-14-21(22-4-3-13-30-22)26(25-20)23(27)15-31-24(28)18-9-11-19(29-2)12-10-18/h3-13,21H,14-15H2,1-2H3/t21-/m0/s1. The number of amides is 1. The first-order chi connectivity index (χ1) is 15.0. The van der Waals surface area contributed by atoms with Gasteiger partial charge in [0, 0.05) is 6.42 Å². The fourth-order valence-electron chi connectivity index (χ4n) is 3.37. The molecule has 4 rings (SSSR count). The molecule has 1 aliphatic rings. The van der Waals surface area contributed by atoms with Gasteiger partial charge < -0.3 is 13.9 Å². The Balaban J connectivity index is 1.49. The molecule has 1 aromatic heterocycles. The predicted molar refractivity (Wildman–Crippen MR) is 114 cm³/mol. The maximum absolute atomic E-state index is 12.9. The summed E-state index contributed by atoms with van der Waals surface area (Å²) in [4.78, 5) is 25.2. The van der Waals surface area contributed by atoms with E-state index in [1.807, 2.05) is 37.3 Å². The number of hydrogen-bond acceptors (Lipinski definition) is 6. The fourth-order valence-corrected chi connectivity index (χ4v) is 3.37. The van der Waals surface area contributed by atoms with Crippen molar-refractivity contribution in [3.8, 4) is 5.75 Å². The van der Waals surface area contributed by atoms with Gasteiger partial charge in [0.2, 0.25) is 0 Å². The van der Waals surface area contributed by atoms with Gasteiger partial charge in [-0.05, 0) is 48.9 Å². The van der Waals surface area contributed by atoms with E-state index in [0.29, 0.717) is 23.5 Å². The van der Waals surface area contributed by atoms with Crippen LogP contribution < -0.4 is 4.74 Å². The normalized spacial score (nSPS) is 15.5. The lowest BCUT2D eigenvalue weighted by Crippen LogP contribution is -2.31. The number of hydrazone groups is 1. The molecule has 7 heteroatoms. The van der Waals surface area contributed by atoms with Gasteiger partial charge in [-0.25, -0.2) is 9.80 Å². The van der Waals surface area contributed by atoms with Crippen LogP contribution in [0.2, 0.25) is 0 Å². The SMILES string of the molecule is COc1ccc(C(=O)OCC(=O)N2N=C(c3ccc(C)cc3)C[C@H]2c2ccco2)cc1. The van der Waals surface area contributed by atoms with Crippen molar-refractivity contribution in [2.75, 3.05) is 13.7 Å². The maximum atomic E-state index is 12.9. The van der Waals surface area contributed by atoms with Crippen LogP contribution in [0.3, 0.4) is 0 Å². The largest absolute Gasteiger partial charge is 0.497 e. The van der Waals surface area contributed by atoms with Gasteiger partial charge in [0.25, 0.3) is 5.91 Å². The Morgan fingerprint density at radius 3 is 2.48 bits per heavy atom. The minimum atomic E-state index is -0.590. The molecular weight excluding hydrogens is 396 g/mol. The van der Waals surface area contributed by atoms with Crippen LogP contribution in [-0.4, -0.2) is 36.3 Å². The number of nitrogens with zero attached hydrogens (tertiary/aromatic N) is 2. The molecule has 0 bridgehead atoms. The van der Waals surface area contributed by atoms with E-state index >= 15 is 0 Å². The molecule has 0 saturated heterocycles. The van der Waals surface area contributed by atoms with Crippen LogP contribution in [0.4, 0.5) is 0 Å². The van der Waals surface area contributed by atoms with Crippen molar-refractivity contribution in [1.29, 1.82) is 0 Å². The minimum Gasteiger partial charge on any atom is -0.497 e. The first-order valence-electron chi connectivity index (χ1n) is 9.86. The van der Waals surface area contributed by atoms with E-state index in [4.69, 9.17) is 13.9 Å². The highest BCUT2D eigenvalue weighted by molar-refractivity contribution is 6.03. The molecule has 3 aromatic rings. The summed E-state index contributed by atoms with van der Waals surface area (Å²) in [5, 5.41) is 5.87.